The van der Waals surface area contributed by atoms with E-state index in [4.69, 9.17) is 9.05 Å². The predicted molar refractivity (Wildman–Crippen MR) is 114 cm³/mol. The molecule has 0 aromatic heterocycles. The number of hydrogen-bond acceptors (Lipinski definition) is 7. The summed E-state index contributed by atoms with van der Waals surface area (Å²) in [6.07, 6.45) is 0. The highest BCUT2D eigenvalue weighted by Crippen LogP contribution is 2.63. The first-order valence-corrected chi connectivity index (χ1v) is 13.7. The van der Waals surface area contributed by atoms with E-state index in [1.807, 2.05) is 0 Å². The van der Waals surface area contributed by atoms with E-state index in [0.29, 0.717) is 17.0 Å². The minimum absolute atomic E-state index is 0.0792. The second-order valence-electron chi connectivity index (χ2n) is 7.96. The lowest BCUT2D eigenvalue weighted by atomic mass is 10.3. The van der Waals surface area contributed by atoms with Crippen molar-refractivity contribution >= 4 is 53.5 Å². The highest BCUT2D eigenvalue weighted by atomic mass is 32.7. The van der Waals surface area contributed by atoms with E-state index in [-0.39, 0.29) is 14.2 Å². The Morgan fingerprint density at radius 2 is 1.04 bits per heavy atom. The Labute approximate surface area is 160 Å². The van der Waals surface area contributed by atoms with Crippen molar-refractivity contribution in [2.24, 2.45) is 0 Å². The summed E-state index contributed by atoms with van der Waals surface area (Å²) in [5.41, 5.74) is 0. The van der Waals surface area contributed by atoms with Crippen LogP contribution in [0.2, 0.25) is 0 Å². The average molecular weight is 421 g/mol. The normalized spacial score (nSPS) is 14.3. The molecule has 0 bridgehead atoms. The van der Waals surface area contributed by atoms with Gasteiger partial charge in [0.1, 0.15) is 11.9 Å². The molecule has 0 fully saturated rings. The first-order valence-electron chi connectivity index (χ1n) is 7.57. The van der Waals surface area contributed by atoms with Crippen molar-refractivity contribution in [2.45, 2.75) is 76.6 Å². The molecule has 0 aliphatic rings. The van der Waals surface area contributed by atoms with Crippen LogP contribution in [0.25, 0.3) is 0 Å². The van der Waals surface area contributed by atoms with Gasteiger partial charge in [0.05, 0.1) is 5.08 Å². The molecule has 0 saturated heterocycles. The Bertz CT molecular complexity index is 327. The summed E-state index contributed by atoms with van der Waals surface area (Å²) in [4.78, 5) is 0. The van der Waals surface area contributed by atoms with Gasteiger partial charge in [-0.15, -0.1) is 35.3 Å². The maximum atomic E-state index is 12.9. The predicted octanol–water partition coefficient (Wildman–Crippen LogP) is 7.33. The van der Waals surface area contributed by atoms with Crippen molar-refractivity contribution < 1.29 is 13.6 Å². The lowest BCUT2D eigenvalue weighted by molar-refractivity contribution is 0.277. The fourth-order valence-electron chi connectivity index (χ4n) is 0.915. The van der Waals surface area contributed by atoms with E-state index in [0.717, 1.165) is 0 Å². The highest BCUT2D eigenvalue weighted by molar-refractivity contribution is 8.57. The van der Waals surface area contributed by atoms with Crippen LogP contribution in [-0.2, 0) is 13.6 Å². The monoisotopic (exact) mass is 420 g/mol. The van der Waals surface area contributed by atoms with Gasteiger partial charge in [-0.1, -0.05) is 62.3 Å². The minimum Gasteiger partial charge on any atom is -0.290 e. The first kappa shape index (κ1) is 24.6. The zero-order valence-corrected chi connectivity index (χ0v) is 20.1. The zero-order valence-electron chi connectivity index (χ0n) is 15.9. The van der Waals surface area contributed by atoms with Gasteiger partial charge in [-0.2, -0.15) is 0 Å². The second-order valence-corrected chi connectivity index (χ2v) is 17.7. The standard InChI is InChI=1S/C15H33O3PS4/c1-13(2,3)20-10-17-19(16,18-11-21-14(4,5)6)23-12-22-15(7,8)9/h10-12H2,1-9H3. The molecule has 0 atom stereocenters. The largest absolute Gasteiger partial charge is 0.391 e. The van der Waals surface area contributed by atoms with Crippen LogP contribution in [0.3, 0.4) is 0 Å². The summed E-state index contributed by atoms with van der Waals surface area (Å²) in [5.74, 6) is 0.766. The second kappa shape index (κ2) is 10.0. The van der Waals surface area contributed by atoms with Crippen molar-refractivity contribution in [2.75, 3.05) is 17.0 Å². The highest BCUT2D eigenvalue weighted by Gasteiger charge is 2.28. The van der Waals surface area contributed by atoms with Gasteiger partial charge in [-0.3, -0.25) is 9.05 Å². The van der Waals surface area contributed by atoms with Crippen LogP contribution < -0.4 is 0 Å². The third-order valence-electron chi connectivity index (χ3n) is 2.11. The summed E-state index contributed by atoms with van der Waals surface area (Å²) in [7, 11) is 0. The molecule has 0 spiro atoms. The van der Waals surface area contributed by atoms with Gasteiger partial charge in [-0.05, 0) is 11.4 Å². The van der Waals surface area contributed by atoms with Crippen LogP contribution >= 0.6 is 53.5 Å². The molecule has 3 nitrogen and oxygen atoms in total. The zero-order chi connectivity index (χ0) is 18.4. The smallest absolute Gasteiger partial charge is 0.290 e. The SMILES string of the molecule is CC(C)(C)SCOP(=O)(OCSC(C)(C)C)SCSC(C)(C)C. The molecule has 0 aliphatic carbocycles. The van der Waals surface area contributed by atoms with E-state index in [9.17, 15) is 4.57 Å². The Balaban J connectivity index is 4.53. The molecular formula is C15H33O3PS4. The molecule has 0 unspecified atom stereocenters. The van der Waals surface area contributed by atoms with Crippen molar-refractivity contribution in [3.63, 3.8) is 0 Å². The van der Waals surface area contributed by atoms with E-state index in [1.165, 1.54) is 11.4 Å². The van der Waals surface area contributed by atoms with Gasteiger partial charge in [0.25, 0.3) is 0 Å². The molecule has 0 N–H and O–H groups in total. The summed E-state index contributed by atoms with van der Waals surface area (Å²) < 4.78 is 24.6. The fraction of sp³-hybridized carbons (Fsp3) is 1.00. The Morgan fingerprint density at radius 1 is 0.696 bits per heavy atom. The molecule has 0 aromatic carbocycles. The molecule has 140 valence electrons. The average Bonchev–Trinajstić information content (AvgIpc) is 2.22. The van der Waals surface area contributed by atoms with Crippen molar-refractivity contribution in [1.29, 1.82) is 0 Å². The van der Waals surface area contributed by atoms with Crippen molar-refractivity contribution in [3.8, 4) is 0 Å². The summed E-state index contributed by atoms with van der Waals surface area (Å²) in [6.45, 7) is 16.0. The number of rotatable bonds is 9. The molecule has 0 heterocycles. The molecule has 8 heteroatoms. The molecule has 0 radical (unpaired) electrons. The Morgan fingerprint density at radius 3 is 1.35 bits per heavy atom. The lowest BCUT2D eigenvalue weighted by Gasteiger charge is -2.24. The molecule has 0 saturated carbocycles. The molecule has 0 aromatic rings. The van der Waals surface area contributed by atoms with Gasteiger partial charge in [0, 0.05) is 14.2 Å². The van der Waals surface area contributed by atoms with E-state index < -0.39 is 6.80 Å². The first-order chi connectivity index (χ1) is 10.1. The van der Waals surface area contributed by atoms with E-state index >= 15 is 0 Å². The van der Waals surface area contributed by atoms with Gasteiger partial charge >= 0.3 is 6.80 Å². The van der Waals surface area contributed by atoms with Crippen LogP contribution in [0.5, 0.6) is 0 Å². The fourth-order valence-corrected chi connectivity index (χ4v) is 8.30. The van der Waals surface area contributed by atoms with E-state index in [1.54, 1.807) is 35.3 Å². The topological polar surface area (TPSA) is 35.5 Å². The van der Waals surface area contributed by atoms with Crippen LogP contribution in [0, 0.1) is 0 Å². The summed E-state index contributed by atoms with van der Waals surface area (Å²) in [5, 5.41) is 0.696. The minimum atomic E-state index is -3.12. The number of thioether (sulfide) groups is 3. The Kier molecular flexibility index (Phi) is 10.7. The number of hydrogen-bond donors (Lipinski definition) is 0. The summed E-state index contributed by atoms with van der Waals surface area (Å²) in [6, 6.07) is 0. The van der Waals surface area contributed by atoms with Crippen LogP contribution in [0.15, 0.2) is 0 Å². The third kappa shape index (κ3) is 16.8. The summed E-state index contributed by atoms with van der Waals surface area (Å²) >= 11 is 6.33. The molecule has 0 amide bonds. The molecular weight excluding hydrogens is 387 g/mol. The van der Waals surface area contributed by atoms with Crippen LogP contribution in [-0.4, -0.2) is 31.2 Å². The van der Waals surface area contributed by atoms with Gasteiger partial charge in [0.15, 0.2) is 0 Å². The Hall–Kier alpha value is 1.55. The van der Waals surface area contributed by atoms with Crippen molar-refractivity contribution in [1.82, 2.24) is 0 Å². The van der Waals surface area contributed by atoms with Gasteiger partial charge in [-0.25, -0.2) is 4.57 Å². The molecule has 0 rings (SSSR count). The third-order valence-corrected chi connectivity index (χ3v) is 10.2. The maximum Gasteiger partial charge on any atom is 0.391 e. The lowest BCUT2D eigenvalue weighted by Crippen LogP contribution is -2.11. The quantitative estimate of drug-likeness (QED) is 0.285. The maximum absolute atomic E-state index is 12.9. The van der Waals surface area contributed by atoms with Crippen LogP contribution in [0.1, 0.15) is 62.3 Å². The molecule has 23 heavy (non-hydrogen) atoms. The molecule has 0 aliphatic heterocycles. The van der Waals surface area contributed by atoms with E-state index in [2.05, 4.69) is 62.3 Å². The van der Waals surface area contributed by atoms with Crippen LogP contribution in [0.4, 0.5) is 0 Å². The van der Waals surface area contributed by atoms with Gasteiger partial charge < -0.3 is 0 Å². The van der Waals surface area contributed by atoms with Gasteiger partial charge in [0.2, 0.25) is 0 Å². The van der Waals surface area contributed by atoms with Crippen molar-refractivity contribution in [3.05, 3.63) is 0 Å².